The molecule has 0 bridgehead atoms. The first-order chi connectivity index (χ1) is 9.28. The lowest BCUT2D eigenvalue weighted by Crippen LogP contribution is -2.51. The molecule has 0 saturated heterocycles. The molecule has 0 aromatic rings. The molecule has 0 spiro atoms. The highest BCUT2D eigenvalue weighted by Crippen LogP contribution is 2.17. The van der Waals surface area contributed by atoms with E-state index in [-0.39, 0.29) is 24.8 Å². The van der Waals surface area contributed by atoms with Crippen LogP contribution < -0.4 is 5.32 Å². The number of ether oxygens (including phenoxy) is 1. The van der Waals surface area contributed by atoms with Crippen molar-refractivity contribution < 1.29 is 19.7 Å². The number of hydrogen-bond donors (Lipinski definition) is 3. The monoisotopic (exact) mass is 304 g/mol. The predicted octanol–water partition coefficient (Wildman–Crippen LogP) is 1.35. The molecule has 0 aromatic carbocycles. The van der Waals surface area contributed by atoms with Gasteiger partial charge in [-0.15, -0.1) is 0 Å². The first-order valence-corrected chi connectivity index (χ1v) is 7.33. The van der Waals surface area contributed by atoms with Crippen molar-refractivity contribution in [2.45, 2.75) is 65.2 Å². The van der Waals surface area contributed by atoms with Crippen LogP contribution in [0.3, 0.4) is 0 Å². The topological polar surface area (TPSA) is 82.0 Å². The third-order valence-electron chi connectivity index (χ3n) is 2.78. The van der Waals surface area contributed by atoms with Crippen LogP contribution in [-0.4, -0.2) is 64.2 Å². The van der Waals surface area contributed by atoms with Crippen molar-refractivity contribution >= 4 is 6.09 Å². The minimum absolute atomic E-state index is 0.260. The van der Waals surface area contributed by atoms with Crippen molar-refractivity contribution in [1.82, 2.24) is 10.2 Å². The average molecular weight is 304 g/mol. The van der Waals surface area contributed by atoms with E-state index < -0.39 is 11.2 Å². The van der Waals surface area contributed by atoms with Gasteiger partial charge in [-0.3, -0.25) is 0 Å². The van der Waals surface area contributed by atoms with Gasteiger partial charge in [-0.1, -0.05) is 0 Å². The molecule has 126 valence electrons. The van der Waals surface area contributed by atoms with Gasteiger partial charge in [-0.2, -0.15) is 0 Å². The van der Waals surface area contributed by atoms with Gasteiger partial charge in [0, 0.05) is 25.2 Å². The molecule has 0 radical (unpaired) electrons. The largest absolute Gasteiger partial charge is 0.444 e. The Morgan fingerprint density at radius 3 is 2.05 bits per heavy atom. The fourth-order valence-electron chi connectivity index (χ4n) is 1.62. The fraction of sp³-hybridized carbons (Fsp3) is 0.933. The minimum atomic E-state index is -1.15. The van der Waals surface area contributed by atoms with Crippen LogP contribution in [0, 0.1) is 0 Å². The predicted molar refractivity (Wildman–Crippen MR) is 83.3 cm³/mol. The van der Waals surface area contributed by atoms with Gasteiger partial charge in [-0.05, 0) is 48.5 Å². The Bertz CT molecular complexity index is 330. The molecule has 0 fully saturated rings. The number of aliphatic hydroxyl groups is 2. The van der Waals surface area contributed by atoms with Gasteiger partial charge in [0.1, 0.15) is 5.60 Å². The third-order valence-corrected chi connectivity index (χ3v) is 2.78. The lowest BCUT2D eigenvalue weighted by atomic mass is 10.1. The number of carbonyl (C=O) groups excluding carboxylic acids is 1. The molecule has 0 heterocycles. The van der Waals surface area contributed by atoms with Crippen molar-refractivity contribution in [2.75, 3.05) is 26.2 Å². The molecule has 0 rings (SSSR count). The van der Waals surface area contributed by atoms with E-state index in [1.807, 2.05) is 41.5 Å². The van der Waals surface area contributed by atoms with E-state index in [0.29, 0.717) is 13.1 Å². The second-order valence-corrected chi connectivity index (χ2v) is 7.63. The van der Waals surface area contributed by atoms with Gasteiger partial charge >= 0.3 is 6.09 Å². The highest BCUT2D eigenvalue weighted by Gasteiger charge is 2.30. The lowest BCUT2D eigenvalue weighted by Gasteiger charge is -2.37. The summed E-state index contributed by atoms with van der Waals surface area (Å²) in [6.45, 7) is 13.8. The van der Waals surface area contributed by atoms with E-state index in [0.717, 1.165) is 0 Å². The van der Waals surface area contributed by atoms with Crippen LogP contribution in [0.2, 0.25) is 0 Å². The van der Waals surface area contributed by atoms with Crippen molar-refractivity contribution in [1.29, 1.82) is 0 Å². The van der Waals surface area contributed by atoms with Crippen molar-refractivity contribution in [3.8, 4) is 0 Å². The number of nitrogens with zero attached hydrogens (tertiary/aromatic N) is 1. The fourth-order valence-corrected chi connectivity index (χ4v) is 1.62. The molecule has 1 unspecified atom stereocenters. The zero-order valence-corrected chi connectivity index (χ0v) is 14.5. The normalized spacial score (nSPS) is 15.5. The van der Waals surface area contributed by atoms with E-state index in [9.17, 15) is 9.90 Å². The number of aliphatic hydroxyl groups excluding tert-OH is 1. The van der Waals surface area contributed by atoms with E-state index in [2.05, 4.69) is 5.32 Å². The summed E-state index contributed by atoms with van der Waals surface area (Å²) >= 11 is 0. The van der Waals surface area contributed by atoms with Crippen LogP contribution in [0.5, 0.6) is 0 Å². The van der Waals surface area contributed by atoms with E-state index >= 15 is 0 Å². The van der Waals surface area contributed by atoms with Gasteiger partial charge in [0.2, 0.25) is 0 Å². The molecule has 0 aliphatic rings. The Hall–Kier alpha value is -0.850. The van der Waals surface area contributed by atoms with Crippen LogP contribution in [0.25, 0.3) is 0 Å². The molecule has 1 atom stereocenters. The summed E-state index contributed by atoms with van der Waals surface area (Å²) in [5, 5.41) is 21.7. The van der Waals surface area contributed by atoms with Gasteiger partial charge in [-0.25, -0.2) is 4.79 Å². The lowest BCUT2D eigenvalue weighted by molar-refractivity contribution is -0.00155. The van der Waals surface area contributed by atoms with Gasteiger partial charge in [0.05, 0.1) is 12.2 Å². The third kappa shape index (κ3) is 8.90. The molecule has 1 amide bonds. The minimum Gasteiger partial charge on any atom is -0.444 e. The van der Waals surface area contributed by atoms with Crippen LogP contribution in [-0.2, 0) is 4.74 Å². The molecule has 0 aromatic heterocycles. The average Bonchev–Trinajstić information content (AvgIpc) is 2.24. The Kier molecular flexibility index (Phi) is 7.12. The van der Waals surface area contributed by atoms with Gasteiger partial charge in [0.25, 0.3) is 0 Å². The summed E-state index contributed by atoms with van der Waals surface area (Å²) in [5.41, 5.74) is -2.05. The summed E-state index contributed by atoms with van der Waals surface area (Å²) in [7, 11) is 0. The van der Waals surface area contributed by atoms with Crippen molar-refractivity contribution in [3.05, 3.63) is 0 Å². The Labute approximate surface area is 128 Å². The van der Waals surface area contributed by atoms with Crippen molar-refractivity contribution in [2.24, 2.45) is 0 Å². The first kappa shape index (κ1) is 20.1. The molecule has 6 heteroatoms. The number of amides is 1. The van der Waals surface area contributed by atoms with E-state index in [1.54, 1.807) is 11.8 Å². The van der Waals surface area contributed by atoms with Gasteiger partial charge in [0.15, 0.2) is 0 Å². The van der Waals surface area contributed by atoms with Gasteiger partial charge < -0.3 is 25.2 Å². The van der Waals surface area contributed by atoms with Crippen LogP contribution in [0.4, 0.5) is 4.79 Å². The second kappa shape index (κ2) is 7.42. The van der Waals surface area contributed by atoms with Crippen molar-refractivity contribution in [3.63, 3.8) is 0 Å². The summed E-state index contributed by atoms with van der Waals surface area (Å²) in [6.07, 6.45) is -0.356. The Balaban J connectivity index is 4.50. The smallest absolute Gasteiger partial charge is 0.410 e. The van der Waals surface area contributed by atoms with E-state index in [1.165, 1.54) is 0 Å². The molecule has 0 saturated carbocycles. The molecule has 0 aliphatic carbocycles. The number of carbonyl (C=O) groups is 1. The summed E-state index contributed by atoms with van der Waals surface area (Å²) in [4.78, 5) is 13.9. The summed E-state index contributed by atoms with van der Waals surface area (Å²) in [6, 6.07) is 0. The summed E-state index contributed by atoms with van der Waals surface area (Å²) < 4.78 is 5.42. The Morgan fingerprint density at radius 1 is 1.14 bits per heavy atom. The molecular weight excluding hydrogens is 272 g/mol. The van der Waals surface area contributed by atoms with Crippen LogP contribution in [0.15, 0.2) is 0 Å². The number of nitrogens with one attached hydrogen (secondary N) is 1. The molecule has 21 heavy (non-hydrogen) atoms. The number of hydrogen-bond acceptors (Lipinski definition) is 5. The zero-order chi connectivity index (χ0) is 16.9. The SMILES string of the molecule is CC(O)(CO)CNCCN(C(=O)OC(C)(C)C)C(C)(C)C. The van der Waals surface area contributed by atoms with E-state index in [4.69, 9.17) is 9.84 Å². The van der Waals surface area contributed by atoms with Crippen LogP contribution >= 0.6 is 0 Å². The zero-order valence-electron chi connectivity index (χ0n) is 14.5. The molecule has 3 N–H and O–H groups in total. The second-order valence-electron chi connectivity index (χ2n) is 7.63. The highest BCUT2D eigenvalue weighted by molar-refractivity contribution is 5.69. The standard InChI is InChI=1S/C15H32N2O4/c1-13(2,3)17(12(19)21-14(4,5)6)9-8-16-10-15(7,20)11-18/h16,18,20H,8-11H2,1-7H3. The quantitative estimate of drug-likeness (QED) is 0.645. The Morgan fingerprint density at radius 2 is 1.67 bits per heavy atom. The molecular formula is C15H32N2O4. The maximum Gasteiger partial charge on any atom is 0.410 e. The summed E-state index contributed by atoms with van der Waals surface area (Å²) in [5.74, 6) is 0. The highest BCUT2D eigenvalue weighted by atomic mass is 16.6. The maximum atomic E-state index is 12.2. The molecule has 6 nitrogen and oxygen atoms in total. The molecule has 0 aliphatic heterocycles. The number of rotatable bonds is 6. The van der Waals surface area contributed by atoms with Crippen LogP contribution in [0.1, 0.15) is 48.5 Å². The maximum absolute atomic E-state index is 12.2. The first-order valence-electron chi connectivity index (χ1n) is 7.33.